The van der Waals surface area contributed by atoms with E-state index in [4.69, 9.17) is 34.8 Å². The molecule has 19 heavy (non-hydrogen) atoms. The first-order chi connectivity index (χ1) is 9.08. The van der Waals surface area contributed by atoms with E-state index >= 15 is 0 Å². The van der Waals surface area contributed by atoms with Crippen molar-refractivity contribution in [1.29, 1.82) is 0 Å². The van der Waals surface area contributed by atoms with E-state index in [9.17, 15) is 4.79 Å². The van der Waals surface area contributed by atoms with Crippen molar-refractivity contribution in [2.45, 2.75) is 0 Å². The lowest BCUT2D eigenvalue weighted by molar-refractivity contribution is 0.0962. The van der Waals surface area contributed by atoms with Gasteiger partial charge in [0.1, 0.15) is 0 Å². The minimum absolute atomic E-state index is 0.313. The van der Waals surface area contributed by atoms with Gasteiger partial charge in [-0.05, 0) is 24.3 Å². The highest BCUT2D eigenvalue weighted by Crippen LogP contribution is 2.33. The lowest BCUT2D eigenvalue weighted by Gasteiger charge is -2.12. The fourth-order valence-corrected chi connectivity index (χ4v) is 2.27. The Bertz CT molecular complexity index is 581. The molecule has 1 heterocycles. The molecule has 0 atom stereocenters. The molecule has 2 rings (SSSR count). The Labute approximate surface area is 124 Å². The largest absolute Gasteiger partial charge is 0.295 e. The molecular weight excluding hydrogens is 309 g/mol. The number of nitrogens with zero attached hydrogens (tertiary/aromatic N) is 1. The van der Waals surface area contributed by atoms with Crippen molar-refractivity contribution < 1.29 is 4.79 Å². The highest BCUT2D eigenvalue weighted by Gasteiger charge is 2.09. The molecule has 0 spiro atoms. The van der Waals surface area contributed by atoms with E-state index < -0.39 is 0 Å². The Morgan fingerprint density at radius 1 is 1.05 bits per heavy atom. The number of carbonyl (C=O) groups excluding carboxylic acids is 1. The van der Waals surface area contributed by atoms with E-state index in [1.807, 2.05) is 0 Å². The Hall–Kier alpha value is -1.49. The Balaban J connectivity index is 2.10. The van der Waals surface area contributed by atoms with Crippen LogP contribution in [-0.2, 0) is 0 Å². The maximum Gasteiger partial charge on any atom is 0.269 e. The summed E-state index contributed by atoms with van der Waals surface area (Å²) < 4.78 is 0. The second kappa shape index (κ2) is 6.10. The summed E-state index contributed by atoms with van der Waals surface area (Å²) in [5.41, 5.74) is 6.00. The van der Waals surface area contributed by atoms with Gasteiger partial charge in [0.15, 0.2) is 0 Å². The molecule has 0 fully saturated rings. The maximum atomic E-state index is 11.8. The average Bonchev–Trinajstić information content (AvgIpc) is 2.38. The summed E-state index contributed by atoms with van der Waals surface area (Å²) >= 11 is 17.7. The van der Waals surface area contributed by atoms with Gasteiger partial charge in [-0.25, -0.2) is 0 Å². The van der Waals surface area contributed by atoms with Crippen molar-refractivity contribution in [3.05, 3.63) is 57.3 Å². The normalized spacial score (nSPS) is 10.1. The molecule has 4 nitrogen and oxygen atoms in total. The highest BCUT2D eigenvalue weighted by atomic mass is 35.5. The number of rotatable bonds is 3. The molecule has 0 radical (unpaired) electrons. The van der Waals surface area contributed by atoms with Gasteiger partial charge in [-0.15, -0.1) is 0 Å². The van der Waals surface area contributed by atoms with Gasteiger partial charge in [0.2, 0.25) is 0 Å². The molecule has 7 heteroatoms. The maximum absolute atomic E-state index is 11.8. The zero-order chi connectivity index (χ0) is 13.8. The first-order valence-corrected chi connectivity index (χ1v) is 6.32. The first-order valence-electron chi connectivity index (χ1n) is 5.19. The number of hydrogen-bond acceptors (Lipinski definition) is 3. The van der Waals surface area contributed by atoms with Gasteiger partial charge >= 0.3 is 0 Å². The van der Waals surface area contributed by atoms with E-state index in [2.05, 4.69) is 15.8 Å². The minimum Gasteiger partial charge on any atom is -0.295 e. The van der Waals surface area contributed by atoms with Crippen LogP contribution in [-0.4, -0.2) is 10.9 Å². The van der Waals surface area contributed by atoms with Crippen molar-refractivity contribution >= 4 is 46.4 Å². The summed E-state index contributed by atoms with van der Waals surface area (Å²) in [5, 5.41) is 1.04. The molecule has 0 saturated carbocycles. The van der Waals surface area contributed by atoms with Crippen LogP contribution in [0.5, 0.6) is 0 Å². The molecule has 2 aromatic rings. The topological polar surface area (TPSA) is 54.0 Å². The van der Waals surface area contributed by atoms with Crippen molar-refractivity contribution in [2.24, 2.45) is 0 Å². The summed E-state index contributed by atoms with van der Waals surface area (Å²) in [7, 11) is 0. The van der Waals surface area contributed by atoms with Crippen LogP contribution < -0.4 is 10.9 Å². The molecule has 1 aromatic carbocycles. The Morgan fingerprint density at radius 3 is 2.21 bits per heavy atom. The third-order valence-electron chi connectivity index (χ3n) is 2.25. The lowest BCUT2D eigenvalue weighted by Crippen LogP contribution is -2.29. The first kappa shape index (κ1) is 13.9. The van der Waals surface area contributed by atoms with Gasteiger partial charge in [-0.3, -0.25) is 20.6 Å². The van der Waals surface area contributed by atoms with Crippen LogP contribution in [0.2, 0.25) is 15.1 Å². The summed E-state index contributed by atoms with van der Waals surface area (Å²) in [5.74, 6) is -0.329. The molecule has 0 aliphatic carbocycles. The molecule has 1 amide bonds. The quantitative estimate of drug-likeness (QED) is 0.847. The molecule has 2 N–H and O–H groups in total. The number of amides is 1. The zero-order valence-electron chi connectivity index (χ0n) is 9.45. The van der Waals surface area contributed by atoms with Crippen LogP contribution in [0.25, 0.3) is 0 Å². The van der Waals surface area contributed by atoms with Crippen LogP contribution >= 0.6 is 34.8 Å². The molecule has 0 aliphatic heterocycles. The van der Waals surface area contributed by atoms with Gasteiger partial charge in [0.25, 0.3) is 5.91 Å². The molecule has 1 aromatic heterocycles. The van der Waals surface area contributed by atoms with Gasteiger partial charge in [-0.1, -0.05) is 34.8 Å². The van der Waals surface area contributed by atoms with Crippen LogP contribution in [0.4, 0.5) is 5.69 Å². The number of halogens is 3. The van der Waals surface area contributed by atoms with Crippen LogP contribution in [0.1, 0.15) is 10.4 Å². The summed E-state index contributed by atoms with van der Waals surface area (Å²) in [6.45, 7) is 0. The fraction of sp³-hybridized carbons (Fsp3) is 0. The fourth-order valence-electron chi connectivity index (χ4n) is 1.36. The number of pyridine rings is 1. The number of hydrogen-bond donors (Lipinski definition) is 2. The average molecular weight is 317 g/mol. The number of aromatic nitrogens is 1. The molecule has 0 bridgehead atoms. The molecular formula is C12H8Cl3N3O. The number of nitrogens with one attached hydrogen (secondary N) is 2. The van der Waals surface area contributed by atoms with E-state index in [-0.39, 0.29) is 5.91 Å². The Morgan fingerprint density at radius 2 is 1.63 bits per heavy atom. The van der Waals surface area contributed by atoms with E-state index in [1.54, 1.807) is 12.1 Å². The standard InChI is InChI=1S/C12H8Cl3N3O/c13-8-5-9(14)11(10(15)6-8)17-18-12(19)7-1-3-16-4-2-7/h1-6,17H,(H,18,19). The number of carbonyl (C=O) groups is 1. The number of benzene rings is 1. The van der Waals surface area contributed by atoms with Crippen LogP contribution in [0.15, 0.2) is 36.7 Å². The van der Waals surface area contributed by atoms with Gasteiger partial charge < -0.3 is 0 Å². The molecule has 0 aliphatic rings. The second-order valence-corrected chi connectivity index (χ2v) is 4.81. The smallest absolute Gasteiger partial charge is 0.269 e. The minimum atomic E-state index is -0.329. The molecule has 0 saturated heterocycles. The van der Waals surface area contributed by atoms with Crippen molar-refractivity contribution in [1.82, 2.24) is 10.4 Å². The van der Waals surface area contributed by atoms with Crippen molar-refractivity contribution in [3.8, 4) is 0 Å². The Kier molecular flexibility index (Phi) is 4.47. The molecule has 0 unspecified atom stereocenters. The van der Waals surface area contributed by atoms with Gasteiger partial charge in [0, 0.05) is 23.0 Å². The number of anilines is 1. The predicted molar refractivity (Wildman–Crippen MR) is 76.8 cm³/mol. The van der Waals surface area contributed by atoms with Gasteiger partial charge in [0.05, 0.1) is 15.7 Å². The van der Waals surface area contributed by atoms with Crippen LogP contribution in [0.3, 0.4) is 0 Å². The SMILES string of the molecule is O=C(NNc1c(Cl)cc(Cl)cc1Cl)c1ccncc1. The van der Waals surface area contributed by atoms with Crippen molar-refractivity contribution in [2.75, 3.05) is 5.43 Å². The summed E-state index contributed by atoms with van der Waals surface area (Å²) in [6, 6.07) is 6.22. The van der Waals surface area contributed by atoms with Crippen LogP contribution in [0, 0.1) is 0 Å². The van der Waals surface area contributed by atoms with Crippen molar-refractivity contribution in [3.63, 3.8) is 0 Å². The predicted octanol–water partition coefficient (Wildman–Crippen LogP) is 3.80. The second-order valence-electron chi connectivity index (χ2n) is 3.56. The lowest BCUT2D eigenvalue weighted by atomic mass is 10.2. The molecule has 98 valence electrons. The van der Waals surface area contributed by atoms with Gasteiger partial charge in [-0.2, -0.15) is 0 Å². The monoisotopic (exact) mass is 315 g/mol. The third-order valence-corrected chi connectivity index (χ3v) is 3.06. The highest BCUT2D eigenvalue weighted by molar-refractivity contribution is 6.41. The summed E-state index contributed by atoms with van der Waals surface area (Å²) in [6.07, 6.45) is 3.05. The third kappa shape index (κ3) is 3.50. The van der Waals surface area contributed by atoms with E-state index in [0.29, 0.717) is 26.3 Å². The number of hydrazine groups is 1. The van der Waals surface area contributed by atoms with E-state index in [0.717, 1.165) is 0 Å². The van der Waals surface area contributed by atoms with E-state index in [1.165, 1.54) is 24.5 Å². The zero-order valence-corrected chi connectivity index (χ0v) is 11.7. The summed E-state index contributed by atoms with van der Waals surface area (Å²) in [4.78, 5) is 15.6.